The van der Waals surface area contributed by atoms with Gasteiger partial charge in [0.15, 0.2) is 0 Å². The van der Waals surface area contributed by atoms with Gasteiger partial charge >= 0.3 is 0 Å². The predicted molar refractivity (Wildman–Crippen MR) is 126 cm³/mol. The van der Waals surface area contributed by atoms with Crippen molar-refractivity contribution in [2.75, 3.05) is 20.8 Å². The lowest BCUT2D eigenvalue weighted by Crippen LogP contribution is -1.96. The lowest BCUT2D eigenvalue weighted by molar-refractivity contribution is 0.303. The van der Waals surface area contributed by atoms with E-state index in [1.54, 1.807) is 26.4 Å². The molecule has 0 bridgehead atoms. The maximum atomic E-state index is 10.5. The average molecular weight is 457 g/mol. The molecule has 0 spiro atoms. The number of aliphatic hydroxyl groups is 1. The topological polar surface area (TPSA) is 93.1 Å². The zero-order valence-electron chi connectivity index (χ0n) is 18.4. The van der Waals surface area contributed by atoms with Gasteiger partial charge in [-0.15, -0.1) is 0 Å². The molecular weight excluding hydrogens is 428 g/mol. The summed E-state index contributed by atoms with van der Waals surface area (Å²) in [5.74, 6) is 1.66. The van der Waals surface area contributed by atoms with Gasteiger partial charge in [0.1, 0.15) is 11.5 Å². The number of aliphatic hydroxyl groups excluding tert-OH is 1. The number of aryl methyl sites for hydroxylation is 1. The van der Waals surface area contributed by atoms with Gasteiger partial charge in [-0.1, -0.05) is 48.0 Å². The standard InChI is InChI=1S/C18H20O3.C7H8O3S/c1-20-16-9-5-14(6-10-16)18(4-3-13-19)15-7-11-17(21-2)12-8-15;1-6-2-4-7(5-3-6)11(8,9)10/h4-12,19H,3,13H2,1-2H3;2-5H,1H3,(H,8,9,10). The van der Waals surface area contributed by atoms with E-state index < -0.39 is 10.1 Å². The van der Waals surface area contributed by atoms with Gasteiger partial charge in [0.2, 0.25) is 0 Å². The third kappa shape index (κ3) is 7.53. The Morgan fingerprint density at radius 1 is 0.812 bits per heavy atom. The summed E-state index contributed by atoms with van der Waals surface area (Å²) in [5.41, 5.74) is 4.23. The fourth-order valence-electron chi connectivity index (χ4n) is 2.86. The van der Waals surface area contributed by atoms with Gasteiger partial charge in [0, 0.05) is 6.61 Å². The van der Waals surface area contributed by atoms with Crippen LogP contribution < -0.4 is 9.47 Å². The van der Waals surface area contributed by atoms with Crippen molar-refractivity contribution < 1.29 is 27.6 Å². The summed E-state index contributed by atoms with van der Waals surface area (Å²) >= 11 is 0. The van der Waals surface area contributed by atoms with E-state index in [2.05, 4.69) is 0 Å². The van der Waals surface area contributed by atoms with E-state index in [-0.39, 0.29) is 11.5 Å². The van der Waals surface area contributed by atoms with Gasteiger partial charge in [0.05, 0.1) is 19.1 Å². The zero-order chi connectivity index (χ0) is 23.6. The fraction of sp³-hybridized carbons (Fsp3) is 0.200. The van der Waals surface area contributed by atoms with Crippen LogP contribution in [0, 0.1) is 6.92 Å². The zero-order valence-corrected chi connectivity index (χ0v) is 19.2. The van der Waals surface area contributed by atoms with E-state index in [1.807, 2.05) is 61.5 Å². The van der Waals surface area contributed by atoms with Gasteiger partial charge in [-0.3, -0.25) is 4.55 Å². The van der Waals surface area contributed by atoms with Gasteiger partial charge in [-0.2, -0.15) is 8.42 Å². The molecule has 0 aliphatic heterocycles. The molecule has 32 heavy (non-hydrogen) atoms. The van der Waals surface area contributed by atoms with Crippen molar-refractivity contribution in [2.24, 2.45) is 0 Å². The van der Waals surface area contributed by atoms with Crippen molar-refractivity contribution >= 4 is 15.7 Å². The molecular formula is C25H28O6S. The van der Waals surface area contributed by atoms with E-state index in [4.69, 9.17) is 19.1 Å². The first-order valence-electron chi connectivity index (χ1n) is 9.92. The lowest BCUT2D eigenvalue weighted by Gasteiger charge is -2.10. The van der Waals surface area contributed by atoms with Crippen molar-refractivity contribution in [3.05, 3.63) is 95.6 Å². The minimum Gasteiger partial charge on any atom is -0.497 e. The van der Waals surface area contributed by atoms with Crippen LogP contribution in [0.15, 0.2) is 83.8 Å². The summed E-state index contributed by atoms with van der Waals surface area (Å²) in [6.07, 6.45) is 2.66. The molecule has 0 radical (unpaired) electrons. The molecule has 0 saturated heterocycles. The van der Waals surface area contributed by atoms with E-state index in [0.29, 0.717) is 6.42 Å². The van der Waals surface area contributed by atoms with Crippen molar-refractivity contribution in [3.8, 4) is 11.5 Å². The molecule has 0 atom stereocenters. The highest BCUT2D eigenvalue weighted by Crippen LogP contribution is 2.27. The Morgan fingerprint density at radius 2 is 1.25 bits per heavy atom. The van der Waals surface area contributed by atoms with Gasteiger partial charge in [0.25, 0.3) is 10.1 Å². The number of rotatable bonds is 7. The molecule has 0 aliphatic rings. The highest BCUT2D eigenvalue weighted by molar-refractivity contribution is 7.85. The van der Waals surface area contributed by atoms with Crippen molar-refractivity contribution in [3.63, 3.8) is 0 Å². The van der Waals surface area contributed by atoms with E-state index in [1.165, 1.54) is 12.1 Å². The van der Waals surface area contributed by atoms with Crippen LogP contribution in [-0.2, 0) is 10.1 Å². The normalized spacial score (nSPS) is 10.5. The molecule has 0 heterocycles. The monoisotopic (exact) mass is 456 g/mol. The molecule has 6 nitrogen and oxygen atoms in total. The number of ether oxygens (including phenoxy) is 2. The molecule has 7 heteroatoms. The number of hydrogen-bond donors (Lipinski definition) is 2. The average Bonchev–Trinajstić information content (AvgIpc) is 2.80. The summed E-state index contributed by atoms with van der Waals surface area (Å²) in [7, 11) is -0.712. The smallest absolute Gasteiger partial charge is 0.294 e. The Hall–Kier alpha value is -3.13. The number of hydrogen-bond acceptors (Lipinski definition) is 5. The molecule has 0 aliphatic carbocycles. The second kappa shape index (κ2) is 12.0. The highest BCUT2D eigenvalue weighted by atomic mass is 32.2. The summed E-state index contributed by atoms with van der Waals surface area (Å²) in [6, 6.07) is 21.8. The Bertz CT molecular complexity index is 1050. The summed E-state index contributed by atoms with van der Waals surface area (Å²) in [5, 5.41) is 9.09. The molecule has 3 aromatic rings. The van der Waals surface area contributed by atoms with E-state index in [9.17, 15) is 8.42 Å². The maximum absolute atomic E-state index is 10.5. The predicted octanol–water partition coefficient (Wildman–Crippen LogP) is 4.76. The SMILES string of the molecule is COc1ccc(C(=CCCO)c2ccc(OC)cc2)cc1.Cc1ccc(S(=O)(=O)O)cc1. The molecule has 0 saturated carbocycles. The van der Waals surface area contributed by atoms with Crippen molar-refractivity contribution in [2.45, 2.75) is 18.2 Å². The molecule has 0 amide bonds. The second-order valence-corrected chi connectivity index (χ2v) is 8.30. The number of benzene rings is 3. The van der Waals surface area contributed by atoms with Crippen LogP contribution in [0.4, 0.5) is 0 Å². The van der Waals surface area contributed by atoms with Gasteiger partial charge in [-0.25, -0.2) is 0 Å². The highest BCUT2D eigenvalue weighted by Gasteiger charge is 2.07. The van der Waals surface area contributed by atoms with Crippen LogP contribution in [0.1, 0.15) is 23.1 Å². The molecule has 3 rings (SSSR count). The van der Waals surface area contributed by atoms with Gasteiger partial charge < -0.3 is 14.6 Å². The summed E-state index contributed by atoms with van der Waals surface area (Å²) < 4.78 is 39.9. The van der Waals surface area contributed by atoms with E-state index in [0.717, 1.165) is 33.8 Å². The first-order chi connectivity index (χ1) is 15.3. The summed E-state index contributed by atoms with van der Waals surface area (Å²) in [4.78, 5) is -0.0666. The van der Waals surface area contributed by atoms with Crippen molar-refractivity contribution in [1.29, 1.82) is 0 Å². The number of methoxy groups -OCH3 is 2. The quantitative estimate of drug-likeness (QED) is 0.498. The van der Waals surface area contributed by atoms with Crippen LogP contribution in [0.5, 0.6) is 11.5 Å². The molecule has 2 N–H and O–H groups in total. The Labute approximate surface area is 189 Å². The lowest BCUT2D eigenvalue weighted by atomic mass is 9.97. The van der Waals surface area contributed by atoms with Gasteiger partial charge in [-0.05, 0) is 66.4 Å². The largest absolute Gasteiger partial charge is 0.497 e. The molecule has 170 valence electrons. The third-order valence-electron chi connectivity index (χ3n) is 4.60. The maximum Gasteiger partial charge on any atom is 0.294 e. The molecule has 0 unspecified atom stereocenters. The van der Waals surface area contributed by atoms with Crippen molar-refractivity contribution in [1.82, 2.24) is 0 Å². The minimum absolute atomic E-state index is 0.0666. The first-order valence-corrected chi connectivity index (χ1v) is 11.4. The summed E-state index contributed by atoms with van der Waals surface area (Å²) in [6.45, 7) is 1.98. The molecule has 0 aromatic heterocycles. The van der Waals surface area contributed by atoms with Crippen LogP contribution in [0.2, 0.25) is 0 Å². The third-order valence-corrected chi connectivity index (χ3v) is 5.47. The minimum atomic E-state index is -4.02. The second-order valence-electron chi connectivity index (χ2n) is 6.88. The van der Waals surface area contributed by atoms with Crippen LogP contribution in [0.25, 0.3) is 5.57 Å². The Morgan fingerprint density at radius 3 is 1.59 bits per heavy atom. The molecule has 0 fully saturated rings. The Balaban J connectivity index is 0.000000278. The Kier molecular flexibility index (Phi) is 9.46. The fourth-order valence-corrected chi connectivity index (χ4v) is 3.34. The van der Waals surface area contributed by atoms with Crippen LogP contribution in [0.3, 0.4) is 0 Å². The molecule has 3 aromatic carbocycles. The van der Waals surface area contributed by atoms with E-state index >= 15 is 0 Å². The first kappa shape index (κ1) is 25.1. The van der Waals surface area contributed by atoms with Crippen LogP contribution in [-0.4, -0.2) is 38.9 Å². The van der Waals surface area contributed by atoms with Crippen LogP contribution >= 0.6 is 0 Å².